The molecule has 0 amide bonds. The van der Waals surface area contributed by atoms with Crippen LogP contribution in [-0.4, -0.2) is 17.4 Å². The van der Waals surface area contributed by atoms with Gasteiger partial charge in [0.1, 0.15) is 6.17 Å². The monoisotopic (exact) mass is 185 g/mol. The van der Waals surface area contributed by atoms with Crippen molar-refractivity contribution < 1.29 is 0 Å². The molecule has 0 saturated heterocycles. The van der Waals surface area contributed by atoms with Crippen LogP contribution < -0.4 is 5.32 Å². The van der Waals surface area contributed by atoms with E-state index in [9.17, 15) is 0 Å². The molecule has 1 N–H and O–H groups in total. The summed E-state index contributed by atoms with van der Waals surface area (Å²) in [6.07, 6.45) is 11.1. The van der Waals surface area contributed by atoms with Gasteiger partial charge in [0.25, 0.3) is 0 Å². The van der Waals surface area contributed by atoms with Gasteiger partial charge in [-0.2, -0.15) is 0 Å². The fraction of sp³-hybridized carbons (Fsp3) is 0.273. The van der Waals surface area contributed by atoms with E-state index in [-0.39, 0.29) is 6.17 Å². The van der Waals surface area contributed by atoms with Gasteiger partial charge in [0.15, 0.2) is 0 Å². The number of nitrogens with zero attached hydrogens (tertiary/aromatic N) is 2. The van der Waals surface area contributed by atoms with E-state index in [1.54, 1.807) is 0 Å². The lowest BCUT2D eigenvalue weighted by Crippen LogP contribution is -2.33. The fourth-order valence-electron chi connectivity index (χ4n) is 2.02. The Morgan fingerprint density at radius 1 is 1.43 bits per heavy atom. The van der Waals surface area contributed by atoms with Crippen molar-refractivity contribution >= 4 is 11.9 Å². The number of rotatable bonds is 0. The zero-order chi connectivity index (χ0) is 9.38. The van der Waals surface area contributed by atoms with Gasteiger partial charge >= 0.3 is 0 Å². The lowest BCUT2D eigenvalue weighted by molar-refractivity contribution is 0.524. The van der Waals surface area contributed by atoms with Gasteiger partial charge in [-0.05, 0) is 24.1 Å². The van der Waals surface area contributed by atoms with Crippen LogP contribution >= 0.6 is 0 Å². The van der Waals surface area contributed by atoms with E-state index in [1.807, 2.05) is 30.8 Å². The van der Waals surface area contributed by atoms with Crippen molar-refractivity contribution in [3.05, 3.63) is 36.2 Å². The fourth-order valence-corrected chi connectivity index (χ4v) is 2.02. The number of dihydropyridines is 1. The van der Waals surface area contributed by atoms with Crippen molar-refractivity contribution in [1.82, 2.24) is 4.98 Å². The number of hydrogen-bond donors (Lipinski definition) is 1. The average Bonchev–Trinajstić information content (AvgIpc) is 2.26. The molecule has 3 rings (SSSR count). The van der Waals surface area contributed by atoms with Crippen LogP contribution in [0.5, 0.6) is 0 Å². The van der Waals surface area contributed by atoms with Crippen molar-refractivity contribution in [2.45, 2.75) is 12.6 Å². The molecule has 2 aliphatic heterocycles. The van der Waals surface area contributed by atoms with Crippen LogP contribution in [-0.2, 0) is 6.42 Å². The minimum absolute atomic E-state index is 0.217. The van der Waals surface area contributed by atoms with E-state index in [0.29, 0.717) is 5.92 Å². The van der Waals surface area contributed by atoms with E-state index in [4.69, 9.17) is 0 Å². The second kappa shape index (κ2) is 2.94. The molecule has 0 spiro atoms. The number of aromatic nitrogens is 1. The Balaban J connectivity index is 2.00. The maximum atomic E-state index is 4.41. The second-order valence-electron chi connectivity index (χ2n) is 3.67. The first-order chi connectivity index (χ1) is 6.93. The molecule has 14 heavy (non-hydrogen) atoms. The van der Waals surface area contributed by atoms with Gasteiger partial charge in [-0.1, -0.05) is 6.08 Å². The van der Waals surface area contributed by atoms with Crippen LogP contribution in [0.1, 0.15) is 5.56 Å². The molecule has 0 radical (unpaired) electrons. The molecular formula is C11H11N3. The Kier molecular flexibility index (Phi) is 1.63. The SMILES string of the molecule is C1=CC2Cc3cnccc3NC2N=C1. The Bertz CT molecular complexity index is 370. The van der Waals surface area contributed by atoms with Crippen LogP contribution in [0.15, 0.2) is 35.6 Å². The van der Waals surface area contributed by atoms with Gasteiger partial charge in [0, 0.05) is 30.2 Å². The molecule has 70 valence electrons. The highest BCUT2D eigenvalue weighted by atomic mass is 15.1. The molecule has 2 atom stereocenters. The quantitative estimate of drug-likeness (QED) is 0.667. The highest BCUT2D eigenvalue weighted by Gasteiger charge is 2.26. The summed E-state index contributed by atoms with van der Waals surface area (Å²) < 4.78 is 0. The van der Waals surface area contributed by atoms with E-state index in [0.717, 1.165) is 6.42 Å². The zero-order valence-corrected chi connectivity index (χ0v) is 7.72. The van der Waals surface area contributed by atoms with Gasteiger partial charge in [-0.15, -0.1) is 0 Å². The molecule has 0 aromatic carbocycles. The Morgan fingerprint density at radius 3 is 3.43 bits per heavy atom. The molecule has 0 fully saturated rings. The number of nitrogens with one attached hydrogen (secondary N) is 1. The summed E-state index contributed by atoms with van der Waals surface area (Å²) in [6.45, 7) is 0. The minimum Gasteiger partial charge on any atom is -0.363 e. The van der Waals surface area contributed by atoms with Crippen LogP contribution in [0.4, 0.5) is 5.69 Å². The predicted octanol–water partition coefficient (Wildman–Crippen LogP) is 1.63. The topological polar surface area (TPSA) is 37.3 Å². The number of anilines is 1. The number of pyridine rings is 1. The predicted molar refractivity (Wildman–Crippen MR) is 56.5 cm³/mol. The van der Waals surface area contributed by atoms with Gasteiger partial charge < -0.3 is 5.32 Å². The molecule has 1 aromatic heterocycles. The molecule has 3 heteroatoms. The van der Waals surface area contributed by atoms with Crippen molar-refractivity contribution in [2.75, 3.05) is 5.32 Å². The summed E-state index contributed by atoms with van der Waals surface area (Å²) in [5, 5.41) is 3.41. The highest BCUT2D eigenvalue weighted by molar-refractivity contribution is 5.73. The Labute approximate surface area is 82.6 Å². The van der Waals surface area contributed by atoms with Gasteiger partial charge in [-0.25, -0.2) is 0 Å². The Hall–Kier alpha value is -1.64. The van der Waals surface area contributed by atoms with Crippen molar-refractivity contribution in [1.29, 1.82) is 0 Å². The summed E-state index contributed by atoms with van der Waals surface area (Å²) in [6, 6.07) is 2.01. The minimum atomic E-state index is 0.217. The number of aliphatic imine (C=N–C) groups is 1. The lowest BCUT2D eigenvalue weighted by atomic mass is 9.91. The Morgan fingerprint density at radius 2 is 2.43 bits per heavy atom. The van der Waals surface area contributed by atoms with E-state index >= 15 is 0 Å². The molecular weight excluding hydrogens is 174 g/mol. The standard InChI is InChI=1S/C11H11N3/c1-2-8-6-9-7-12-5-3-10(9)14-11(8)13-4-1/h1-5,7-8,11,14H,6H2. The van der Waals surface area contributed by atoms with Crippen molar-refractivity contribution in [2.24, 2.45) is 10.9 Å². The van der Waals surface area contributed by atoms with Gasteiger partial charge in [0.2, 0.25) is 0 Å². The summed E-state index contributed by atoms with van der Waals surface area (Å²) in [7, 11) is 0. The summed E-state index contributed by atoms with van der Waals surface area (Å²) >= 11 is 0. The average molecular weight is 185 g/mol. The smallest absolute Gasteiger partial charge is 0.125 e. The maximum Gasteiger partial charge on any atom is 0.125 e. The van der Waals surface area contributed by atoms with Gasteiger partial charge in [-0.3, -0.25) is 9.98 Å². The second-order valence-corrected chi connectivity index (χ2v) is 3.67. The van der Waals surface area contributed by atoms with E-state index in [1.165, 1.54) is 11.3 Å². The summed E-state index contributed by atoms with van der Waals surface area (Å²) in [5.74, 6) is 0.483. The third-order valence-electron chi connectivity index (χ3n) is 2.76. The van der Waals surface area contributed by atoms with E-state index < -0.39 is 0 Å². The van der Waals surface area contributed by atoms with Crippen molar-refractivity contribution in [3.63, 3.8) is 0 Å². The molecule has 3 heterocycles. The maximum absolute atomic E-state index is 4.41. The van der Waals surface area contributed by atoms with Gasteiger partial charge in [0.05, 0.1) is 0 Å². The number of allylic oxidation sites excluding steroid dienone is 1. The first-order valence-corrected chi connectivity index (χ1v) is 4.83. The zero-order valence-electron chi connectivity index (χ0n) is 7.72. The molecule has 2 aliphatic rings. The summed E-state index contributed by atoms with van der Waals surface area (Å²) in [5.41, 5.74) is 2.46. The van der Waals surface area contributed by atoms with Crippen LogP contribution in [0.2, 0.25) is 0 Å². The number of fused-ring (bicyclic) bond motifs is 2. The molecule has 0 saturated carbocycles. The largest absolute Gasteiger partial charge is 0.363 e. The van der Waals surface area contributed by atoms with Crippen molar-refractivity contribution in [3.8, 4) is 0 Å². The molecule has 2 unspecified atom stereocenters. The number of hydrogen-bond acceptors (Lipinski definition) is 3. The normalized spacial score (nSPS) is 27.7. The third kappa shape index (κ3) is 1.13. The third-order valence-corrected chi connectivity index (χ3v) is 2.76. The van der Waals surface area contributed by atoms with E-state index in [2.05, 4.69) is 21.4 Å². The molecule has 0 aliphatic carbocycles. The molecule has 0 bridgehead atoms. The molecule has 1 aromatic rings. The first kappa shape index (κ1) is 7.74. The lowest BCUT2D eigenvalue weighted by Gasteiger charge is -2.31. The molecule has 3 nitrogen and oxygen atoms in total. The van der Waals surface area contributed by atoms with Crippen LogP contribution in [0, 0.1) is 5.92 Å². The van der Waals surface area contributed by atoms with Crippen LogP contribution in [0.3, 0.4) is 0 Å². The first-order valence-electron chi connectivity index (χ1n) is 4.83. The summed E-state index contributed by atoms with van der Waals surface area (Å²) in [4.78, 5) is 8.54. The van der Waals surface area contributed by atoms with Crippen LogP contribution in [0.25, 0.3) is 0 Å². The highest BCUT2D eigenvalue weighted by Crippen LogP contribution is 2.29.